The van der Waals surface area contributed by atoms with Crippen molar-refractivity contribution in [3.05, 3.63) is 103 Å². The second kappa shape index (κ2) is 15.1. The van der Waals surface area contributed by atoms with Gasteiger partial charge >= 0.3 is 0 Å². The van der Waals surface area contributed by atoms with Gasteiger partial charge in [-0.1, -0.05) is 100 Å². The highest BCUT2D eigenvalue weighted by Crippen LogP contribution is 2.36. The summed E-state index contributed by atoms with van der Waals surface area (Å²) in [6, 6.07) is 28.5. The van der Waals surface area contributed by atoms with Crippen molar-refractivity contribution in [2.75, 3.05) is 30.8 Å². The molecule has 0 spiro atoms. The lowest BCUT2D eigenvalue weighted by molar-refractivity contribution is 0.451. The summed E-state index contributed by atoms with van der Waals surface area (Å²) in [4.78, 5) is 25.1. The Morgan fingerprint density at radius 1 is 0.761 bits per heavy atom. The molecule has 5 rings (SSSR count). The molecule has 0 saturated carbocycles. The molecule has 2 N–H and O–H groups in total. The maximum absolute atomic E-state index is 6.38. The number of aliphatic imine (C=N–C) groups is 1. The van der Waals surface area contributed by atoms with Crippen LogP contribution in [-0.2, 0) is 6.54 Å². The van der Waals surface area contributed by atoms with E-state index in [1.807, 2.05) is 78.8 Å². The minimum Gasteiger partial charge on any atom is -0.435 e. The average Bonchev–Trinajstić information content (AvgIpc) is 3.52. The van der Waals surface area contributed by atoms with Crippen LogP contribution in [0.4, 0.5) is 11.9 Å². The molecule has 0 fully saturated rings. The van der Waals surface area contributed by atoms with Crippen molar-refractivity contribution in [3.63, 3.8) is 0 Å². The number of aromatic nitrogens is 4. The lowest BCUT2D eigenvalue weighted by atomic mass is 10.1. The van der Waals surface area contributed by atoms with Gasteiger partial charge in [-0.2, -0.15) is 15.0 Å². The molecule has 0 saturated heterocycles. The van der Waals surface area contributed by atoms with Crippen LogP contribution in [0.1, 0.15) is 39.1 Å². The second-order valence-corrected chi connectivity index (χ2v) is 12.1. The Balaban J connectivity index is 1.35. The summed E-state index contributed by atoms with van der Waals surface area (Å²) in [7, 11) is 1.99. The van der Waals surface area contributed by atoms with Crippen LogP contribution < -0.4 is 10.6 Å². The predicted octanol–water partition coefficient (Wildman–Crippen LogP) is 8.13. The average molecular weight is 615 g/mol. The molecule has 9 nitrogen and oxygen atoms in total. The summed E-state index contributed by atoms with van der Waals surface area (Å²) in [5.41, 5.74) is 5.39. The van der Waals surface area contributed by atoms with E-state index in [1.165, 1.54) is 0 Å². The molecule has 46 heavy (non-hydrogen) atoms. The molecule has 0 unspecified atom stereocenters. The molecule has 2 heterocycles. The van der Waals surface area contributed by atoms with E-state index in [0.717, 1.165) is 46.8 Å². The molecular weight excluding hydrogens is 572 g/mol. The van der Waals surface area contributed by atoms with Gasteiger partial charge in [-0.3, -0.25) is 4.99 Å². The van der Waals surface area contributed by atoms with Crippen LogP contribution >= 0.6 is 0 Å². The van der Waals surface area contributed by atoms with Gasteiger partial charge < -0.3 is 20.0 Å². The van der Waals surface area contributed by atoms with Crippen LogP contribution in [0.3, 0.4) is 0 Å². The van der Waals surface area contributed by atoms with Gasteiger partial charge in [0.05, 0.1) is 0 Å². The normalized spacial score (nSPS) is 11.6. The van der Waals surface area contributed by atoms with Gasteiger partial charge in [0.1, 0.15) is 11.4 Å². The zero-order valence-corrected chi connectivity index (χ0v) is 27.2. The minimum absolute atomic E-state index is 0.442. The van der Waals surface area contributed by atoms with Crippen LogP contribution in [0.2, 0.25) is 0 Å². The Bertz CT molecular complexity index is 1660. The van der Waals surface area contributed by atoms with Gasteiger partial charge in [0.2, 0.25) is 17.8 Å². The zero-order chi connectivity index (χ0) is 32.5. The van der Waals surface area contributed by atoms with Crippen molar-refractivity contribution >= 4 is 24.3 Å². The highest BCUT2D eigenvalue weighted by Gasteiger charge is 2.18. The van der Waals surface area contributed by atoms with Gasteiger partial charge in [-0.25, -0.2) is 4.98 Å². The lowest BCUT2D eigenvalue weighted by Crippen LogP contribution is -2.17. The molecule has 9 heteroatoms. The summed E-state index contributed by atoms with van der Waals surface area (Å²) in [6.45, 7) is 14.5. The number of rotatable bonds is 14. The third-order valence-corrected chi connectivity index (χ3v) is 7.06. The monoisotopic (exact) mass is 614 g/mol. The van der Waals surface area contributed by atoms with Crippen molar-refractivity contribution in [2.24, 2.45) is 16.8 Å². The number of anilines is 2. The molecule has 0 atom stereocenters. The topological polar surface area (TPSA) is 104 Å². The van der Waals surface area contributed by atoms with E-state index in [4.69, 9.17) is 9.40 Å². The Morgan fingerprint density at radius 3 is 1.87 bits per heavy atom. The van der Waals surface area contributed by atoms with Crippen LogP contribution in [-0.4, -0.2) is 51.7 Å². The van der Waals surface area contributed by atoms with Crippen molar-refractivity contribution in [3.8, 4) is 34.0 Å². The van der Waals surface area contributed by atoms with E-state index in [2.05, 4.69) is 89.3 Å². The number of hydrogen-bond acceptors (Lipinski definition) is 9. The first-order valence-corrected chi connectivity index (χ1v) is 15.6. The number of nitrogens with zero attached hydrogens (tertiary/aromatic N) is 6. The third kappa shape index (κ3) is 8.44. The van der Waals surface area contributed by atoms with Crippen molar-refractivity contribution in [2.45, 2.75) is 34.2 Å². The molecular formula is C37H42N8O. The first-order valence-electron chi connectivity index (χ1n) is 15.6. The molecule has 5 aromatic rings. The molecule has 3 aromatic carbocycles. The largest absolute Gasteiger partial charge is 0.435 e. The lowest BCUT2D eigenvalue weighted by Gasteiger charge is -2.16. The quantitative estimate of drug-likeness (QED) is 0.121. The smallest absolute Gasteiger partial charge is 0.228 e. The zero-order valence-electron chi connectivity index (χ0n) is 27.2. The molecule has 0 aliphatic rings. The molecule has 0 radical (unpaired) electrons. The number of benzene rings is 3. The van der Waals surface area contributed by atoms with E-state index in [9.17, 15) is 0 Å². The summed E-state index contributed by atoms with van der Waals surface area (Å²) in [5, 5.41) is 6.62. The Labute approximate surface area is 271 Å². The second-order valence-electron chi connectivity index (χ2n) is 12.1. The Morgan fingerprint density at radius 2 is 1.33 bits per heavy atom. The molecule has 2 aromatic heterocycles. The summed E-state index contributed by atoms with van der Waals surface area (Å²) >= 11 is 0. The minimum atomic E-state index is 0.442. The number of nitrogens with one attached hydrogen (secondary N) is 2. The molecule has 0 aliphatic heterocycles. The summed E-state index contributed by atoms with van der Waals surface area (Å²) in [5.74, 6) is 3.69. The highest BCUT2D eigenvalue weighted by atomic mass is 16.4. The van der Waals surface area contributed by atoms with Gasteiger partial charge in [-0.15, -0.1) is 0 Å². The maximum Gasteiger partial charge on any atom is 0.228 e. The first kappa shape index (κ1) is 32.1. The molecule has 236 valence electrons. The van der Waals surface area contributed by atoms with E-state index in [-0.39, 0.29) is 0 Å². The Hall–Kier alpha value is -5.31. The van der Waals surface area contributed by atoms with E-state index >= 15 is 0 Å². The van der Waals surface area contributed by atoms with E-state index < -0.39 is 0 Å². The highest BCUT2D eigenvalue weighted by molar-refractivity contribution is 5.79. The van der Waals surface area contributed by atoms with Gasteiger partial charge in [0.25, 0.3) is 0 Å². The van der Waals surface area contributed by atoms with Crippen molar-refractivity contribution in [1.82, 2.24) is 24.8 Å². The van der Waals surface area contributed by atoms with Crippen LogP contribution in [0, 0.1) is 11.8 Å². The standard InChI is InChI=1S/C37H42N8O/c1-25(2)21-39-36-42-34(43-37(44-36)40-22-26(3)4)31(38-5)24-45(6)23-27-17-19-30(20-18-27)35-41-32(28-13-9-7-10-14-28)33(46-35)29-15-11-8-12-16-29/h7-20,24-26H,5,21-23H2,1-4,6H3,(H2,39,40,42,43,44)/b31-24-. The fourth-order valence-electron chi connectivity index (χ4n) is 4.72. The SMILES string of the molecule is C=N/C(=C\N(C)Cc1ccc(-c2nc(-c3ccccc3)c(-c3ccccc3)o2)cc1)c1nc(NCC(C)C)nc(NCC(C)C)n1. The molecule has 0 bridgehead atoms. The predicted molar refractivity (Wildman–Crippen MR) is 188 cm³/mol. The number of hydrogen-bond donors (Lipinski definition) is 2. The first-order chi connectivity index (χ1) is 22.3. The van der Waals surface area contributed by atoms with Gasteiger partial charge in [-0.05, 0) is 36.2 Å². The van der Waals surface area contributed by atoms with Crippen molar-refractivity contribution in [1.29, 1.82) is 0 Å². The third-order valence-electron chi connectivity index (χ3n) is 7.06. The maximum atomic E-state index is 6.38. The van der Waals surface area contributed by atoms with Crippen LogP contribution in [0.25, 0.3) is 39.7 Å². The van der Waals surface area contributed by atoms with Gasteiger partial charge in [0.15, 0.2) is 11.6 Å². The van der Waals surface area contributed by atoms with E-state index in [0.29, 0.717) is 47.7 Å². The van der Waals surface area contributed by atoms with Gasteiger partial charge in [0, 0.05) is 49.6 Å². The molecule has 0 aliphatic carbocycles. The number of oxazole rings is 1. The molecule has 0 amide bonds. The van der Waals surface area contributed by atoms with Crippen LogP contribution in [0.15, 0.2) is 101 Å². The van der Waals surface area contributed by atoms with Crippen molar-refractivity contribution < 1.29 is 4.42 Å². The summed E-state index contributed by atoms with van der Waals surface area (Å²) in [6.07, 6.45) is 1.90. The summed E-state index contributed by atoms with van der Waals surface area (Å²) < 4.78 is 6.38. The Kier molecular flexibility index (Phi) is 10.5. The van der Waals surface area contributed by atoms with E-state index in [1.54, 1.807) is 0 Å². The fourth-order valence-corrected chi connectivity index (χ4v) is 4.72. The fraction of sp³-hybridized carbons (Fsp3) is 0.270. The van der Waals surface area contributed by atoms with Crippen LogP contribution in [0.5, 0.6) is 0 Å².